The van der Waals surface area contributed by atoms with Crippen molar-refractivity contribution >= 4 is 8.07 Å². The van der Waals surface area contributed by atoms with Crippen molar-refractivity contribution in [3.63, 3.8) is 0 Å². The zero-order valence-electron chi connectivity index (χ0n) is 11.5. The molecule has 0 aliphatic carbocycles. The van der Waals surface area contributed by atoms with Crippen molar-refractivity contribution < 1.29 is 0 Å². The molecule has 0 nitrogen and oxygen atoms in total. The summed E-state index contributed by atoms with van der Waals surface area (Å²) in [5.74, 6) is 2.80. The van der Waals surface area contributed by atoms with Crippen LogP contribution in [0.2, 0.25) is 23.7 Å². The molecule has 88 valence electrons. The largest absolute Gasteiger partial charge is 0.120 e. The van der Waals surface area contributed by atoms with Crippen LogP contribution in [0.1, 0.15) is 53.4 Å². The van der Waals surface area contributed by atoms with Gasteiger partial charge < -0.3 is 0 Å². The lowest BCUT2D eigenvalue weighted by Gasteiger charge is -2.43. The molecule has 0 aliphatic heterocycles. The maximum atomic E-state index is 5.39. The lowest BCUT2D eigenvalue weighted by molar-refractivity contribution is 0.605. The fourth-order valence-corrected chi connectivity index (χ4v) is 5.19. The first kappa shape index (κ1) is 14.8. The summed E-state index contributed by atoms with van der Waals surface area (Å²) in [4.78, 5) is 0. The van der Waals surface area contributed by atoms with E-state index in [4.69, 9.17) is 6.42 Å². The number of hydrogen-bond donors (Lipinski definition) is 0. The van der Waals surface area contributed by atoms with E-state index in [0.29, 0.717) is 5.04 Å². The number of rotatable bonds is 5. The van der Waals surface area contributed by atoms with Gasteiger partial charge in [0, 0.05) is 6.42 Å². The fraction of sp³-hybridized carbons (Fsp3) is 0.857. The van der Waals surface area contributed by atoms with Crippen molar-refractivity contribution in [2.45, 2.75) is 77.1 Å². The average molecular weight is 224 g/mol. The first-order chi connectivity index (χ1) is 6.77. The summed E-state index contributed by atoms with van der Waals surface area (Å²) in [5.41, 5.74) is 0.888. The zero-order chi connectivity index (χ0) is 12.1. The Balaban J connectivity index is 4.67. The van der Waals surface area contributed by atoms with Gasteiger partial charge in [-0.05, 0) is 17.0 Å². The minimum Gasteiger partial charge on any atom is -0.120 e. The number of terminal acetylenes is 1. The minimum absolute atomic E-state index is 0.488. The second kappa shape index (κ2) is 5.75. The number of hydrogen-bond acceptors (Lipinski definition) is 0. The molecule has 0 spiro atoms. The standard InChI is InChI=1S/C14H28Si/c1-8-10-12-13(11-9-2)15(6,7)14(3,4)5/h1,13H,9-12H2,2-7H3/t13-/m0/s1. The van der Waals surface area contributed by atoms with E-state index in [1.54, 1.807) is 0 Å². The highest BCUT2D eigenvalue weighted by molar-refractivity contribution is 6.81. The fourth-order valence-electron chi connectivity index (χ4n) is 2.08. The molecular formula is C14H28Si. The predicted molar refractivity (Wildman–Crippen MR) is 73.9 cm³/mol. The van der Waals surface area contributed by atoms with Crippen molar-refractivity contribution in [1.29, 1.82) is 0 Å². The van der Waals surface area contributed by atoms with E-state index in [-0.39, 0.29) is 0 Å². The summed E-state index contributed by atoms with van der Waals surface area (Å²) in [7, 11) is -1.19. The van der Waals surface area contributed by atoms with E-state index in [1.165, 1.54) is 19.3 Å². The molecule has 0 N–H and O–H groups in total. The van der Waals surface area contributed by atoms with Crippen molar-refractivity contribution in [3.8, 4) is 12.3 Å². The Labute approximate surface area is 97.9 Å². The highest BCUT2D eigenvalue weighted by Crippen LogP contribution is 2.47. The van der Waals surface area contributed by atoms with Crippen LogP contribution < -0.4 is 0 Å². The average Bonchev–Trinajstić information content (AvgIpc) is 2.10. The Morgan fingerprint density at radius 2 is 1.73 bits per heavy atom. The van der Waals surface area contributed by atoms with Crippen LogP contribution in [0.5, 0.6) is 0 Å². The van der Waals surface area contributed by atoms with Gasteiger partial charge >= 0.3 is 0 Å². The van der Waals surface area contributed by atoms with Crippen molar-refractivity contribution in [2.24, 2.45) is 0 Å². The first-order valence-corrected chi connectivity index (χ1v) is 9.28. The normalized spacial score (nSPS) is 14.7. The maximum absolute atomic E-state index is 5.39. The van der Waals surface area contributed by atoms with E-state index in [2.05, 4.69) is 46.7 Å². The summed E-state index contributed by atoms with van der Waals surface area (Å²) >= 11 is 0. The summed E-state index contributed by atoms with van der Waals surface area (Å²) in [6.07, 6.45) is 10.2. The molecule has 0 aromatic heterocycles. The van der Waals surface area contributed by atoms with Gasteiger partial charge in [0.05, 0.1) is 8.07 Å². The van der Waals surface area contributed by atoms with E-state index in [0.717, 1.165) is 12.0 Å². The van der Waals surface area contributed by atoms with Gasteiger partial charge in [0.1, 0.15) is 0 Å². The molecule has 1 atom stereocenters. The summed E-state index contributed by atoms with van der Waals surface area (Å²) in [6, 6.07) is 0. The van der Waals surface area contributed by atoms with E-state index < -0.39 is 8.07 Å². The van der Waals surface area contributed by atoms with Crippen LogP contribution in [-0.4, -0.2) is 8.07 Å². The molecule has 0 unspecified atom stereocenters. The van der Waals surface area contributed by atoms with Gasteiger partial charge in [-0.3, -0.25) is 0 Å². The molecule has 0 heterocycles. The minimum atomic E-state index is -1.19. The monoisotopic (exact) mass is 224 g/mol. The quantitative estimate of drug-likeness (QED) is 0.451. The molecule has 1 heteroatoms. The van der Waals surface area contributed by atoms with Crippen LogP contribution in [0, 0.1) is 12.3 Å². The predicted octanol–water partition coefficient (Wildman–Crippen LogP) is 5.08. The molecule has 0 aliphatic rings. The zero-order valence-corrected chi connectivity index (χ0v) is 12.5. The Bertz CT molecular complexity index is 214. The molecule has 0 radical (unpaired) electrons. The Hall–Kier alpha value is -0.223. The van der Waals surface area contributed by atoms with Crippen LogP contribution in [-0.2, 0) is 0 Å². The smallest absolute Gasteiger partial charge is 0.0559 e. The Morgan fingerprint density at radius 1 is 1.20 bits per heavy atom. The molecule has 0 saturated heterocycles. The summed E-state index contributed by atoms with van der Waals surface area (Å²) < 4.78 is 0. The van der Waals surface area contributed by atoms with Gasteiger partial charge in [0.25, 0.3) is 0 Å². The van der Waals surface area contributed by atoms with E-state index in [1.807, 2.05) is 0 Å². The molecule has 0 bridgehead atoms. The van der Waals surface area contributed by atoms with E-state index >= 15 is 0 Å². The van der Waals surface area contributed by atoms with Crippen LogP contribution in [0.3, 0.4) is 0 Å². The Kier molecular flexibility index (Phi) is 5.66. The second-order valence-corrected chi connectivity index (χ2v) is 12.0. The van der Waals surface area contributed by atoms with Crippen molar-refractivity contribution in [1.82, 2.24) is 0 Å². The second-order valence-electron chi connectivity index (χ2n) is 6.20. The first-order valence-electron chi connectivity index (χ1n) is 6.20. The van der Waals surface area contributed by atoms with Gasteiger partial charge in [0.2, 0.25) is 0 Å². The third kappa shape index (κ3) is 4.03. The van der Waals surface area contributed by atoms with Crippen molar-refractivity contribution in [3.05, 3.63) is 0 Å². The molecule has 0 fully saturated rings. The lowest BCUT2D eigenvalue weighted by atomic mass is 10.1. The van der Waals surface area contributed by atoms with Crippen LogP contribution in [0.15, 0.2) is 0 Å². The molecule has 0 rings (SSSR count). The summed E-state index contributed by atoms with van der Waals surface area (Å²) in [5, 5.41) is 0.488. The van der Waals surface area contributed by atoms with Crippen LogP contribution in [0.4, 0.5) is 0 Å². The highest BCUT2D eigenvalue weighted by Gasteiger charge is 2.40. The lowest BCUT2D eigenvalue weighted by Crippen LogP contribution is -2.42. The van der Waals surface area contributed by atoms with Crippen LogP contribution >= 0.6 is 0 Å². The van der Waals surface area contributed by atoms with E-state index in [9.17, 15) is 0 Å². The molecule has 0 aromatic carbocycles. The van der Waals surface area contributed by atoms with Gasteiger partial charge in [-0.25, -0.2) is 0 Å². The molecule has 15 heavy (non-hydrogen) atoms. The molecule has 0 saturated carbocycles. The van der Waals surface area contributed by atoms with Crippen LogP contribution in [0.25, 0.3) is 0 Å². The van der Waals surface area contributed by atoms with Gasteiger partial charge in [-0.2, -0.15) is 0 Å². The maximum Gasteiger partial charge on any atom is 0.0559 e. The third-order valence-electron chi connectivity index (χ3n) is 4.23. The molecule has 0 amide bonds. The Morgan fingerprint density at radius 3 is 2.07 bits per heavy atom. The topological polar surface area (TPSA) is 0 Å². The van der Waals surface area contributed by atoms with Gasteiger partial charge in [-0.15, -0.1) is 12.3 Å². The highest BCUT2D eigenvalue weighted by atomic mass is 28.3. The molecular weight excluding hydrogens is 196 g/mol. The molecule has 0 aromatic rings. The summed E-state index contributed by atoms with van der Waals surface area (Å²) in [6.45, 7) is 14.6. The van der Waals surface area contributed by atoms with Gasteiger partial charge in [0.15, 0.2) is 0 Å². The third-order valence-corrected chi connectivity index (χ3v) is 10.7. The van der Waals surface area contributed by atoms with Gasteiger partial charge in [-0.1, -0.05) is 53.6 Å². The van der Waals surface area contributed by atoms with Crippen molar-refractivity contribution in [2.75, 3.05) is 0 Å². The SMILES string of the molecule is C#CCC[C@H](CCC)[Si](C)(C)C(C)(C)C.